The first-order valence-corrected chi connectivity index (χ1v) is 14.8. The van der Waals surface area contributed by atoms with Crippen LogP contribution in [-0.4, -0.2) is 65.7 Å². The van der Waals surface area contributed by atoms with E-state index in [9.17, 15) is 19.2 Å². The molecule has 1 aromatic heterocycles. The molecule has 2 amide bonds. The molecule has 10 nitrogen and oxygen atoms in total. The number of carbonyl (C=O) groups excluding carboxylic acids is 3. The number of aryl methyl sites for hydroxylation is 1. The van der Waals surface area contributed by atoms with Gasteiger partial charge in [0.1, 0.15) is 18.3 Å². The number of esters is 1. The molecular formula is C33H44N4O6. The van der Waals surface area contributed by atoms with Gasteiger partial charge in [-0.05, 0) is 60.8 Å². The summed E-state index contributed by atoms with van der Waals surface area (Å²) < 4.78 is 10.1. The van der Waals surface area contributed by atoms with Gasteiger partial charge in [-0.1, -0.05) is 65.0 Å². The van der Waals surface area contributed by atoms with Crippen LogP contribution in [0.2, 0.25) is 0 Å². The molecule has 2 N–H and O–H groups in total. The van der Waals surface area contributed by atoms with Gasteiger partial charge >= 0.3 is 12.1 Å². The number of para-hydroxylation sites is 2. The second kappa shape index (κ2) is 15.3. The van der Waals surface area contributed by atoms with Crippen molar-refractivity contribution in [2.45, 2.75) is 66.3 Å². The summed E-state index contributed by atoms with van der Waals surface area (Å²) in [5.41, 5.74) is 2.99. The Balaban J connectivity index is 0.00000119. The number of alkyl carbamates (subject to hydrolysis) is 1. The SMILES string of the molecule is CC(C)C.COC(=O)C1CCCN1C(=O)CNC(=O)OCC(C)(C)CCc1cccc(-c2nc3ccccc3[nH]c2=O)c1. The zero-order valence-electron chi connectivity index (χ0n) is 26.1. The number of fused-ring (bicyclic) bond motifs is 1. The van der Waals surface area contributed by atoms with E-state index in [0.29, 0.717) is 37.0 Å². The van der Waals surface area contributed by atoms with E-state index >= 15 is 0 Å². The fraction of sp³-hybridized carbons (Fsp3) is 0.485. The van der Waals surface area contributed by atoms with E-state index in [1.165, 1.54) is 12.0 Å². The van der Waals surface area contributed by atoms with Crippen LogP contribution in [0.5, 0.6) is 0 Å². The summed E-state index contributed by atoms with van der Waals surface area (Å²) in [5.74, 6) is 0.0368. The lowest BCUT2D eigenvalue weighted by Gasteiger charge is -2.25. The van der Waals surface area contributed by atoms with Crippen LogP contribution in [0.3, 0.4) is 0 Å². The molecule has 1 aliphatic heterocycles. The van der Waals surface area contributed by atoms with E-state index in [2.05, 4.69) is 36.1 Å². The number of ether oxygens (including phenoxy) is 2. The summed E-state index contributed by atoms with van der Waals surface area (Å²) in [6.07, 6.45) is 2.00. The van der Waals surface area contributed by atoms with Crippen molar-refractivity contribution in [2.75, 3.05) is 26.8 Å². The molecule has 4 rings (SSSR count). The van der Waals surface area contributed by atoms with Gasteiger partial charge in [-0.3, -0.25) is 9.59 Å². The van der Waals surface area contributed by atoms with E-state index in [1.54, 1.807) is 0 Å². The lowest BCUT2D eigenvalue weighted by Crippen LogP contribution is -2.46. The minimum absolute atomic E-state index is 0.160. The van der Waals surface area contributed by atoms with Crippen LogP contribution in [0.15, 0.2) is 53.3 Å². The summed E-state index contributed by atoms with van der Waals surface area (Å²) >= 11 is 0. The fourth-order valence-corrected chi connectivity index (χ4v) is 4.66. The fourth-order valence-electron chi connectivity index (χ4n) is 4.66. The van der Waals surface area contributed by atoms with Crippen LogP contribution in [0.25, 0.3) is 22.3 Å². The van der Waals surface area contributed by atoms with Crippen LogP contribution in [0, 0.1) is 11.3 Å². The number of methoxy groups -OCH3 is 1. The highest BCUT2D eigenvalue weighted by Gasteiger charge is 2.34. The van der Waals surface area contributed by atoms with Crippen molar-refractivity contribution in [3.8, 4) is 11.3 Å². The highest BCUT2D eigenvalue weighted by molar-refractivity contribution is 5.87. The van der Waals surface area contributed by atoms with Gasteiger partial charge in [0.15, 0.2) is 0 Å². The number of aromatic nitrogens is 2. The maximum atomic E-state index is 12.6. The van der Waals surface area contributed by atoms with E-state index in [1.807, 2.05) is 62.4 Å². The minimum Gasteiger partial charge on any atom is -0.467 e. The van der Waals surface area contributed by atoms with Gasteiger partial charge < -0.3 is 24.7 Å². The van der Waals surface area contributed by atoms with Crippen LogP contribution in [0.4, 0.5) is 4.79 Å². The number of H-pyrrole nitrogens is 1. The first-order chi connectivity index (χ1) is 20.4. The van der Waals surface area contributed by atoms with Gasteiger partial charge in [0.25, 0.3) is 5.56 Å². The molecule has 43 heavy (non-hydrogen) atoms. The first-order valence-electron chi connectivity index (χ1n) is 14.8. The molecule has 0 spiro atoms. The number of benzene rings is 2. The van der Waals surface area contributed by atoms with E-state index < -0.39 is 18.1 Å². The molecule has 0 aliphatic carbocycles. The molecule has 2 aromatic carbocycles. The monoisotopic (exact) mass is 592 g/mol. The molecule has 0 bridgehead atoms. The van der Waals surface area contributed by atoms with E-state index in [0.717, 1.165) is 29.0 Å². The van der Waals surface area contributed by atoms with Crippen LogP contribution in [0.1, 0.15) is 59.4 Å². The molecule has 1 atom stereocenters. The number of aromatic amines is 1. The number of hydrogen-bond donors (Lipinski definition) is 2. The standard InChI is InChI=1S/C29H34N4O6.C4H10/c1-29(2,18-39-28(37)30-17-24(34)33-15-7-12-23(33)27(36)38-3)14-13-19-8-6-9-20(16-19)25-26(35)32-22-11-5-4-10-21(22)31-25;1-4(2)3/h4-6,8-11,16,23H,7,12-15,17-18H2,1-3H3,(H,30,37)(H,32,35);4H,1-3H3. The molecule has 0 radical (unpaired) electrons. The number of likely N-dealkylation sites (tertiary alicyclic amines) is 1. The van der Waals surface area contributed by atoms with Gasteiger partial charge in [0.2, 0.25) is 5.91 Å². The predicted octanol–water partition coefficient (Wildman–Crippen LogP) is 5.10. The van der Waals surface area contributed by atoms with Crippen molar-refractivity contribution >= 4 is 29.0 Å². The van der Waals surface area contributed by atoms with Gasteiger partial charge in [-0.15, -0.1) is 0 Å². The smallest absolute Gasteiger partial charge is 0.407 e. The highest BCUT2D eigenvalue weighted by Crippen LogP contribution is 2.25. The van der Waals surface area contributed by atoms with Crippen molar-refractivity contribution in [1.82, 2.24) is 20.2 Å². The normalized spacial score (nSPS) is 14.7. The summed E-state index contributed by atoms with van der Waals surface area (Å²) in [7, 11) is 1.29. The van der Waals surface area contributed by atoms with Crippen molar-refractivity contribution in [2.24, 2.45) is 11.3 Å². The molecule has 3 aromatic rings. The Hall–Kier alpha value is -4.21. The average Bonchev–Trinajstić information content (AvgIpc) is 3.47. The zero-order valence-corrected chi connectivity index (χ0v) is 26.1. The van der Waals surface area contributed by atoms with Crippen LogP contribution < -0.4 is 10.9 Å². The molecule has 1 unspecified atom stereocenters. The maximum absolute atomic E-state index is 12.6. The Kier molecular flexibility index (Phi) is 11.9. The second-order valence-corrected chi connectivity index (χ2v) is 12.2. The summed E-state index contributed by atoms with van der Waals surface area (Å²) in [4.78, 5) is 58.1. The van der Waals surface area contributed by atoms with Crippen LogP contribution >= 0.6 is 0 Å². The Labute approximate surface area is 253 Å². The Morgan fingerprint density at radius 1 is 1.12 bits per heavy atom. The lowest BCUT2D eigenvalue weighted by atomic mass is 9.87. The van der Waals surface area contributed by atoms with E-state index in [-0.39, 0.29) is 30.0 Å². The van der Waals surface area contributed by atoms with Crippen molar-refractivity contribution in [3.63, 3.8) is 0 Å². The summed E-state index contributed by atoms with van der Waals surface area (Å²) in [5, 5.41) is 2.48. The molecule has 10 heteroatoms. The van der Waals surface area contributed by atoms with Gasteiger partial charge in [-0.2, -0.15) is 0 Å². The second-order valence-electron chi connectivity index (χ2n) is 12.2. The number of amides is 2. The molecule has 2 heterocycles. The number of carbonyl (C=O) groups is 3. The number of rotatable bonds is 9. The molecule has 0 saturated carbocycles. The zero-order chi connectivity index (χ0) is 31.6. The Morgan fingerprint density at radius 2 is 1.84 bits per heavy atom. The van der Waals surface area contributed by atoms with E-state index in [4.69, 9.17) is 9.47 Å². The summed E-state index contributed by atoms with van der Waals surface area (Å²) in [6.45, 7) is 10.9. The number of nitrogens with zero attached hydrogens (tertiary/aromatic N) is 2. The molecule has 1 saturated heterocycles. The third kappa shape index (κ3) is 9.94. The van der Waals surface area contributed by atoms with Gasteiger partial charge in [0.05, 0.1) is 24.8 Å². The first kappa shape index (κ1) is 33.3. The Bertz CT molecular complexity index is 1460. The Morgan fingerprint density at radius 3 is 2.56 bits per heavy atom. The predicted molar refractivity (Wildman–Crippen MR) is 167 cm³/mol. The third-order valence-corrected chi connectivity index (χ3v) is 6.91. The van der Waals surface area contributed by atoms with Crippen molar-refractivity contribution in [1.29, 1.82) is 0 Å². The maximum Gasteiger partial charge on any atom is 0.407 e. The van der Waals surface area contributed by atoms with Gasteiger partial charge in [-0.25, -0.2) is 14.6 Å². The van der Waals surface area contributed by atoms with Crippen molar-refractivity contribution < 1.29 is 23.9 Å². The number of hydrogen-bond acceptors (Lipinski definition) is 7. The van der Waals surface area contributed by atoms with Crippen LogP contribution in [-0.2, 0) is 25.5 Å². The minimum atomic E-state index is -0.686. The average molecular weight is 593 g/mol. The third-order valence-electron chi connectivity index (χ3n) is 6.91. The lowest BCUT2D eigenvalue weighted by molar-refractivity contribution is -0.150. The van der Waals surface area contributed by atoms with Gasteiger partial charge in [0, 0.05) is 12.1 Å². The highest BCUT2D eigenvalue weighted by atomic mass is 16.5. The topological polar surface area (TPSA) is 131 Å². The molecule has 1 fully saturated rings. The molecule has 232 valence electrons. The quantitative estimate of drug-likeness (QED) is 0.331. The molecule has 1 aliphatic rings. The molecular weight excluding hydrogens is 548 g/mol. The number of nitrogens with one attached hydrogen (secondary N) is 2. The summed E-state index contributed by atoms with van der Waals surface area (Å²) in [6, 6.07) is 14.5. The van der Waals surface area contributed by atoms with Crippen molar-refractivity contribution in [3.05, 3.63) is 64.4 Å². The largest absolute Gasteiger partial charge is 0.467 e.